The Morgan fingerprint density at radius 2 is 1.47 bits per heavy atom. The molecule has 0 aromatic heterocycles. The number of fused-ring (bicyclic) bond motifs is 4. The Hall–Kier alpha value is -4.30. The third-order valence-corrected chi connectivity index (χ3v) is 10.8. The third kappa shape index (κ3) is 11.8. The van der Waals surface area contributed by atoms with E-state index in [1.54, 1.807) is 17.4 Å². The predicted octanol–water partition coefficient (Wildman–Crippen LogP) is 11.8. The molecule has 282 valence electrons. The molecular weight excluding hydrogens is 679 g/mol. The molecule has 0 bridgehead atoms. The quantitative estimate of drug-likeness (QED) is 0.0323. The van der Waals surface area contributed by atoms with E-state index in [2.05, 4.69) is 55.1 Å². The summed E-state index contributed by atoms with van der Waals surface area (Å²) in [4.78, 5) is 38.5. The van der Waals surface area contributed by atoms with Crippen LogP contribution in [0.1, 0.15) is 121 Å². The predicted molar refractivity (Wildman–Crippen MR) is 221 cm³/mol. The van der Waals surface area contributed by atoms with Crippen molar-refractivity contribution < 1.29 is 19.1 Å². The number of carbonyl (C=O) groups is 2. The van der Waals surface area contributed by atoms with E-state index in [0.717, 1.165) is 126 Å². The van der Waals surface area contributed by atoms with Gasteiger partial charge in [-0.25, -0.2) is 14.8 Å². The number of unbranched alkanes of at least 4 members (excludes halogenated alkanes) is 9. The van der Waals surface area contributed by atoms with E-state index in [1.165, 1.54) is 6.42 Å². The molecule has 0 amide bonds. The summed E-state index contributed by atoms with van der Waals surface area (Å²) in [5, 5.41) is 2.92. The Morgan fingerprint density at radius 1 is 0.774 bits per heavy atom. The van der Waals surface area contributed by atoms with Crippen LogP contribution >= 0.6 is 11.3 Å². The zero-order chi connectivity index (χ0) is 37.4. The average Bonchev–Trinajstić information content (AvgIpc) is 3.17. The SMILES string of the molecule is CCCCC(CCCC)OC(=O)CCCCCCCCCCOC(=O)c1cccc(N=c2cc3sc4cc(N(C)C)ccc4nc-3c3ccccc23)c1. The van der Waals surface area contributed by atoms with Crippen LogP contribution in [0.3, 0.4) is 0 Å². The summed E-state index contributed by atoms with van der Waals surface area (Å²) in [5.74, 6) is -0.344. The number of benzene rings is 4. The first-order valence-corrected chi connectivity index (χ1v) is 20.6. The van der Waals surface area contributed by atoms with E-state index in [1.807, 2.05) is 44.4 Å². The summed E-state index contributed by atoms with van der Waals surface area (Å²) in [6.07, 6.45) is 15.6. The Morgan fingerprint density at radius 3 is 2.19 bits per heavy atom. The number of hydrogen-bond donors (Lipinski definition) is 0. The van der Waals surface area contributed by atoms with Crippen LogP contribution in [-0.4, -0.2) is 43.7 Å². The number of esters is 2. The largest absolute Gasteiger partial charge is 0.462 e. The van der Waals surface area contributed by atoms with E-state index in [9.17, 15) is 9.59 Å². The zero-order valence-electron chi connectivity index (χ0n) is 32.2. The Balaban J connectivity index is 1.07. The van der Waals surface area contributed by atoms with E-state index in [4.69, 9.17) is 19.5 Å². The van der Waals surface area contributed by atoms with Gasteiger partial charge in [0, 0.05) is 37.0 Å². The van der Waals surface area contributed by atoms with E-state index in [-0.39, 0.29) is 18.0 Å². The van der Waals surface area contributed by atoms with Crippen LogP contribution in [0.2, 0.25) is 0 Å². The number of aromatic nitrogens is 1. The van der Waals surface area contributed by atoms with Crippen LogP contribution in [0.25, 0.3) is 31.6 Å². The molecule has 3 aromatic carbocycles. The second kappa shape index (κ2) is 20.8. The van der Waals surface area contributed by atoms with Crippen molar-refractivity contribution in [1.82, 2.24) is 4.98 Å². The topological polar surface area (TPSA) is 81.1 Å². The second-order valence-electron chi connectivity index (χ2n) is 14.3. The molecule has 0 fully saturated rings. The van der Waals surface area contributed by atoms with Gasteiger partial charge in [-0.1, -0.05) is 108 Å². The fourth-order valence-electron chi connectivity index (χ4n) is 6.69. The van der Waals surface area contributed by atoms with E-state index in [0.29, 0.717) is 24.3 Å². The third-order valence-electron chi connectivity index (χ3n) is 9.77. The van der Waals surface area contributed by atoms with Crippen molar-refractivity contribution in [1.29, 1.82) is 0 Å². The summed E-state index contributed by atoms with van der Waals surface area (Å²) in [6, 6.07) is 24.1. The highest BCUT2D eigenvalue weighted by atomic mass is 32.1. The zero-order valence-corrected chi connectivity index (χ0v) is 33.0. The molecule has 0 unspecified atom stereocenters. The van der Waals surface area contributed by atoms with Crippen LogP contribution in [0, 0.1) is 0 Å². The van der Waals surface area contributed by atoms with Crippen molar-refractivity contribution in [3.05, 3.63) is 83.7 Å². The summed E-state index contributed by atoms with van der Waals surface area (Å²) in [6.45, 7) is 4.77. The molecule has 1 heterocycles. The summed E-state index contributed by atoms with van der Waals surface area (Å²) in [5.41, 5.74) is 4.29. The normalized spacial score (nSPS) is 11.9. The van der Waals surface area contributed by atoms with Crippen molar-refractivity contribution in [2.75, 3.05) is 25.6 Å². The van der Waals surface area contributed by atoms with Gasteiger partial charge in [-0.15, -0.1) is 11.3 Å². The van der Waals surface area contributed by atoms with E-state index < -0.39 is 0 Å². The van der Waals surface area contributed by atoms with Crippen molar-refractivity contribution in [2.45, 2.75) is 116 Å². The van der Waals surface area contributed by atoms with Gasteiger partial charge in [0.2, 0.25) is 0 Å². The molecule has 1 aliphatic carbocycles. The molecule has 2 aliphatic rings. The van der Waals surface area contributed by atoms with Crippen LogP contribution in [0.5, 0.6) is 0 Å². The van der Waals surface area contributed by atoms with Gasteiger partial charge in [0.1, 0.15) is 6.10 Å². The molecule has 3 aromatic rings. The van der Waals surface area contributed by atoms with Crippen molar-refractivity contribution in [2.24, 2.45) is 4.99 Å². The van der Waals surface area contributed by atoms with Gasteiger partial charge in [-0.3, -0.25) is 4.79 Å². The summed E-state index contributed by atoms with van der Waals surface area (Å²) >= 11 is 1.72. The highest BCUT2D eigenvalue weighted by molar-refractivity contribution is 7.21. The molecule has 7 nitrogen and oxygen atoms in total. The van der Waals surface area contributed by atoms with Crippen molar-refractivity contribution in [3.63, 3.8) is 0 Å². The lowest BCUT2D eigenvalue weighted by molar-refractivity contribution is -0.150. The fraction of sp³-hybridized carbons (Fsp3) is 0.467. The number of nitrogens with zero attached hydrogens (tertiary/aromatic N) is 3. The summed E-state index contributed by atoms with van der Waals surface area (Å²) in [7, 11) is 4.09. The maximum Gasteiger partial charge on any atom is 0.338 e. The molecule has 1 aliphatic heterocycles. The van der Waals surface area contributed by atoms with Crippen molar-refractivity contribution >= 4 is 55.6 Å². The maximum absolute atomic E-state index is 13.0. The molecule has 0 radical (unpaired) electrons. The first-order valence-electron chi connectivity index (χ1n) is 19.8. The average molecular weight is 736 g/mol. The molecule has 0 saturated heterocycles. The minimum Gasteiger partial charge on any atom is -0.462 e. The molecule has 5 rings (SSSR count). The van der Waals surface area contributed by atoms with Gasteiger partial charge in [-0.2, -0.15) is 0 Å². The highest BCUT2D eigenvalue weighted by Crippen LogP contribution is 2.36. The first-order chi connectivity index (χ1) is 25.9. The van der Waals surface area contributed by atoms with Gasteiger partial charge in [0.05, 0.1) is 44.0 Å². The fourth-order valence-corrected chi connectivity index (χ4v) is 7.75. The Kier molecular flexibility index (Phi) is 15.7. The summed E-state index contributed by atoms with van der Waals surface area (Å²) < 4.78 is 12.5. The molecule has 0 N–H and O–H groups in total. The Bertz CT molecular complexity index is 1960. The van der Waals surface area contributed by atoms with Crippen LogP contribution < -0.4 is 10.3 Å². The minimum atomic E-state index is -0.319. The van der Waals surface area contributed by atoms with Crippen LogP contribution in [0.4, 0.5) is 11.4 Å². The van der Waals surface area contributed by atoms with Crippen molar-refractivity contribution in [3.8, 4) is 10.6 Å². The van der Waals surface area contributed by atoms with Gasteiger partial charge in [-0.05, 0) is 68.1 Å². The molecule has 0 saturated carbocycles. The molecule has 8 heteroatoms. The molecule has 53 heavy (non-hydrogen) atoms. The first kappa shape index (κ1) is 39.9. The van der Waals surface area contributed by atoms with Gasteiger partial charge in [0.15, 0.2) is 0 Å². The van der Waals surface area contributed by atoms with Crippen LogP contribution in [-0.2, 0) is 14.3 Å². The molecule has 0 spiro atoms. The van der Waals surface area contributed by atoms with E-state index >= 15 is 0 Å². The maximum atomic E-state index is 13.0. The van der Waals surface area contributed by atoms with Gasteiger partial charge in [0.25, 0.3) is 0 Å². The lowest BCUT2D eigenvalue weighted by Crippen LogP contribution is -2.18. The number of carbonyl (C=O) groups excluding carboxylic acids is 2. The lowest BCUT2D eigenvalue weighted by Gasteiger charge is -2.17. The lowest BCUT2D eigenvalue weighted by atomic mass is 10.1. The minimum absolute atomic E-state index is 0.0255. The second-order valence-corrected chi connectivity index (χ2v) is 15.4. The number of hydrogen-bond acceptors (Lipinski definition) is 8. The molecular formula is C45H57N3O4S. The van der Waals surface area contributed by atoms with Gasteiger partial charge < -0.3 is 14.4 Å². The van der Waals surface area contributed by atoms with Gasteiger partial charge >= 0.3 is 11.9 Å². The number of rotatable bonds is 21. The Labute approximate surface area is 319 Å². The monoisotopic (exact) mass is 735 g/mol. The standard InChI is InChI=1S/C45H57N3O4S/c1-5-7-22-36(23-8-6-2)52-43(49)26-15-13-11-9-10-12-14-18-29-51-45(50)33-20-19-21-34(30-33)46-40-32-42-44(38-25-17-16-24-37(38)40)47-39-28-27-35(48(3)4)31-41(39)53-42/h16-17,19-21,24-25,27-28,30-32,36H,5-15,18,22-23,26,29H2,1-4H3. The highest BCUT2D eigenvalue weighted by Gasteiger charge is 2.15. The van der Waals surface area contributed by atoms with Crippen LogP contribution in [0.15, 0.2) is 77.8 Å². The number of ether oxygens (including phenoxy) is 2. The number of anilines is 1. The smallest absolute Gasteiger partial charge is 0.338 e. The molecule has 0 atom stereocenters.